The lowest BCUT2D eigenvalue weighted by atomic mass is 10.0. The van der Waals surface area contributed by atoms with Crippen LogP contribution in [0.5, 0.6) is 0 Å². The number of likely N-dealkylation sites (tertiary alicyclic amines) is 1. The molecule has 1 N–H and O–H groups in total. The topological polar surface area (TPSA) is 62.1 Å². The molecule has 0 bridgehead atoms. The summed E-state index contributed by atoms with van der Waals surface area (Å²) >= 11 is 0. The number of rotatable bonds is 4. The summed E-state index contributed by atoms with van der Waals surface area (Å²) in [4.78, 5) is 19.4. The molecule has 1 saturated heterocycles. The van der Waals surface area contributed by atoms with Gasteiger partial charge in [0.15, 0.2) is 0 Å². The summed E-state index contributed by atoms with van der Waals surface area (Å²) in [6.07, 6.45) is 2.14. The molecule has 0 saturated carbocycles. The molecule has 1 aromatic carbocycles. The zero-order valence-corrected chi connectivity index (χ0v) is 12.2. The highest BCUT2D eigenvalue weighted by Gasteiger charge is 2.36. The lowest BCUT2D eigenvalue weighted by Gasteiger charge is -2.24. The Morgan fingerprint density at radius 2 is 2.18 bits per heavy atom. The Bertz CT molecular complexity index is 573. The van der Waals surface area contributed by atoms with Gasteiger partial charge >= 0.3 is 0 Å². The lowest BCUT2D eigenvalue weighted by molar-refractivity contribution is -0.143. The Morgan fingerprint density at radius 1 is 1.41 bits per heavy atom. The molecule has 2 aliphatic heterocycles. The Hall–Kier alpha value is -1.95. The minimum atomic E-state index is -0.595. The molecule has 1 fully saturated rings. The first-order valence-corrected chi connectivity index (χ1v) is 7.54. The van der Waals surface area contributed by atoms with Gasteiger partial charge in [-0.1, -0.05) is 17.3 Å². The predicted molar refractivity (Wildman–Crippen MR) is 78.8 cm³/mol. The Morgan fingerprint density at radius 3 is 2.91 bits per heavy atom. The van der Waals surface area contributed by atoms with Crippen LogP contribution >= 0.6 is 0 Å². The second kappa shape index (κ2) is 6.44. The quantitative estimate of drug-likeness (QED) is 0.917. The van der Waals surface area contributed by atoms with E-state index in [2.05, 4.69) is 5.16 Å². The SMILES string of the molecule is O=C(C1CC(Cc2ccc(F)cc2)=NO1)N1CCC[C@H]1CO. The molecular weight excluding hydrogens is 287 g/mol. The number of hydrogen-bond donors (Lipinski definition) is 1. The minimum Gasteiger partial charge on any atom is -0.394 e. The van der Waals surface area contributed by atoms with Crippen molar-refractivity contribution in [2.24, 2.45) is 5.16 Å². The van der Waals surface area contributed by atoms with Crippen molar-refractivity contribution in [2.45, 2.75) is 37.8 Å². The zero-order chi connectivity index (χ0) is 15.5. The van der Waals surface area contributed by atoms with Crippen molar-refractivity contribution in [3.8, 4) is 0 Å². The smallest absolute Gasteiger partial charge is 0.267 e. The van der Waals surface area contributed by atoms with Crippen LogP contribution in [0.4, 0.5) is 4.39 Å². The number of carbonyl (C=O) groups is 1. The van der Waals surface area contributed by atoms with Crippen molar-refractivity contribution in [2.75, 3.05) is 13.2 Å². The second-order valence-electron chi connectivity index (χ2n) is 5.77. The average molecular weight is 306 g/mol. The van der Waals surface area contributed by atoms with Crippen LogP contribution in [-0.4, -0.2) is 46.9 Å². The Kier molecular flexibility index (Phi) is 4.38. The molecule has 1 unspecified atom stereocenters. The van der Waals surface area contributed by atoms with E-state index in [0.717, 1.165) is 24.1 Å². The molecule has 1 aromatic rings. The van der Waals surface area contributed by atoms with Crippen molar-refractivity contribution < 1.29 is 19.1 Å². The number of hydrogen-bond acceptors (Lipinski definition) is 4. The van der Waals surface area contributed by atoms with E-state index < -0.39 is 6.10 Å². The summed E-state index contributed by atoms with van der Waals surface area (Å²) in [5, 5.41) is 13.3. The zero-order valence-electron chi connectivity index (χ0n) is 12.2. The number of aliphatic hydroxyl groups is 1. The van der Waals surface area contributed by atoms with Gasteiger partial charge in [0, 0.05) is 19.4 Å². The molecule has 0 aliphatic carbocycles. The third-order valence-electron chi connectivity index (χ3n) is 4.20. The van der Waals surface area contributed by atoms with Crippen LogP contribution in [-0.2, 0) is 16.1 Å². The van der Waals surface area contributed by atoms with Gasteiger partial charge in [-0.2, -0.15) is 0 Å². The third kappa shape index (κ3) is 3.11. The number of amides is 1. The van der Waals surface area contributed by atoms with Crippen molar-refractivity contribution in [3.05, 3.63) is 35.6 Å². The summed E-state index contributed by atoms with van der Waals surface area (Å²) in [5.41, 5.74) is 1.72. The normalized spacial score (nSPS) is 24.3. The molecular formula is C16H19FN2O3. The summed E-state index contributed by atoms with van der Waals surface area (Å²) in [6, 6.07) is 6.12. The molecule has 2 heterocycles. The highest BCUT2D eigenvalue weighted by molar-refractivity contribution is 5.94. The molecule has 22 heavy (non-hydrogen) atoms. The van der Waals surface area contributed by atoms with Crippen molar-refractivity contribution in [1.82, 2.24) is 4.90 Å². The maximum atomic E-state index is 12.9. The summed E-state index contributed by atoms with van der Waals surface area (Å²) in [6.45, 7) is 0.652. The molecule has 118 valence electrons. The van der Waals surface area contributed by atoms with Crippen LogP contribution < -0.4 is 0 Å². The summed E-state index contributed by atoms with van der Waals surface area (Å²) < 4.78 is 12.9. The highest BCUT2D eigenvalue weighted by atomic mass is 19.1. The van der Waals surface area contributed by atoms with Gasteiger partial charge in [0.25, 0.3) is 5.91 Å². The van der Waals surface area contributed by atoms with Crippen molar-refractivity contribution in [3.63, 3.8) is 0 Å². The number of nitrogens with zero attached hydrogens (tertiary/aromatic N) is 2. The van der Waals surface area contributed by atoms with Crippen LogP contribution in [0, 0.1) is 5.82 Å². The van der Waals surface area contributed by atoms with E-state index in [0.29, 0.717) is 19.4 Å². The molecule has 0 spiro atoms. The number of aliphatic hydroxyl groups excluding tert-OH is 1. The number of carbonyl (C=O) groups excluding carboxylic acids is 1. The lowest BCUT2D eigenvalue weighted by Crippen LogP contribution is -2.43. The van der Waals surface area contributed by atoms with E-state index >= 15 is 0 Å². The van der Waals surface area contributed by atoms with Crippen molar-refractivity contribution >= 4 is 11.6 Å². The van der Waals surface area contributed by atoms with E-state index in [1.807, 2.05) is 0 Å². The molecule has 3 rings (SSSR count). The molecule has 0 radical (unpaired) electrons. The fraction of sp³-hybridized carbons (Fsp3) is 0.500. The van der Waals surface area contributed by atoms with Crippen LogP contribution in [0.2, 0.25) is 0 Å². The molecule has 1 amide bonds. The molecule has 2 aliphatic rings. The van der Waals surface area contributed by atoms with Gasteiger partial charge < -0.3 is 14.8 Å². The molecule has 5 nitrogen and oxygen atoms in total. The van der Waals surface area contributed by atoms with E-state index in [9.17, 15) is 14.3 Å². The Labute approximate surface area is 128 Å². The van der Waals surface area contributed by atoms with E-state index in [-0.39, 0.29) is 24.4 Å². The maximum Gasteiger partial charge on any atom is 0.267 e. The van der Waals surface area contributed by atoms with E-state index in [1.54, 1.807) is 17.0 Å². The number of benzene rings is 1. The van der Waals surface area contributed by atoms with Crippen LogP contribution in [0.3, 0.4) is 0 Å². The number of oxime groups is 1. The van der Waals surface area contributed by atoms with Crippen molar-refractivity contribution in [1.29, 1.82) is 0 Å². The predicted octanol–water partition coefficient (Wildman–Crippen LogP) is 1.50. The van der Waals surface area contributed by atoms with Crippen LogP contribution in [0.25, 0.3) is 0 Å². The first-order valence-electron chi connectivity index (χ1n) is 7.54. The van der Waals surface area contributed by atoms with Gasteiger partial charge in [0.05, 0.1) is 18.4 Å². The monoisotopic (exact) mass is 306 g/mol. The summed E-state index contributed by atoms with van der Waals surface area (Å²) in [7, 11) is 0. The first-order chi connectivity index (χ1) is 10.7. The fourth-order valence-corrected chi connectivity index (χ4v) is 3.00. The molecule has 2 atom stereocenters. The van der Waals surface area contributed by atoms with Gasteiger partial charge in [-0.25, -0.2) is 4.39 Å². The standard InChI is InChI=1S/C16H19FN2O3/c17-12-5-3-11(4-6-12)8-13-9-15(22-18-13)16(21)19-7-1-2-14(19)10-20/h3-6,14-15,20H,1-2,7-10H2/t14-,15?/m0/s1. The molecule has 6 heteroatoms. The fourth-order valence-electron chi connectivity index (χ4n) is 3.00. The van der Waals surface area contributed by atoms with Crippen LogP contribution in [0.15, 0.2) is 29.4 Å². The Balaban J connectivity index is 1.57. The second-order valence-corrected chi connectivity index (χ2v) is 5.77. The average Bonchev–Trinajstić information content (AvgIpc) is 3.17. The van der Waals surface area contributed by atoms with Gasteiger partial charge in [-0.15, -0.1) is 0 Å². The van der Waals surface area contributed by atoms with Gasteiger partial charge in [-0.05, 0) is 30.5 Å². The highest BCUT2D eigenvalue weighted by Crippen LogP contribution is 2.22. The van der Waals surface area contributed by atoms with Gasteiger partial charge in [0.1, 0.15) is 5.82 Å². The van der Waals surface area contributed by atoms with E-state index in [1.165, 1.54) is 12.1 Å². The summed E-state index contributed by atoms with van der Waals surface area (Å²) in [5.74, 6) is -0.375. The first kappa shape index (κ1) is 15.0. The van der Waals surface area contributed by atoms with Crippen LogP contribution in [0.1, 0.15) is 24.8 Å². The molecule has 0 aromatic heterocycles. The minimum absolute atomic E-state index is 0.0121. The third-order valence-corrected chi connectivity index (χ3v) is 4.20. The number of halogens is 1. The maximum absolute atomic E-state index is 12.9. The largest absolute Gasteiger partial charge is 0.394 e. The van der Waals surface area contributed by atoms with Gasteiger partial charge in [0.2, 0.25) is 6.10 Å². The van der Waals surface area contributed by atoms with Gasteiger partial charge in [-0.3, -0.25) is 4.79 Å². The van der Waals surface area contributed by atoms with E-state index in [4.69, 9.17) is 4.84 Å².